The van der Waals surface area contributed by atoms with Crippen LogP contribution in [0.1, 0.15) is 30.1 Å². The molecule has 3 aromatic rings. The van der Waals surface area contributed by atoms with Crippen molar-refractivity contribution in [2.24, 2.45) is 0 Å². The molecule has 1 aliphatic rings. The van der Waals surface area contributed by atoms with Crippen LogP contribution < -0.4 is 5.32 Å². The lowest BCUT2D eigenvalue weighted by molar-refractivity contribution is 0.172. The number of piperidine rings is 1. The van der Waals surface area contributed by atoms with Crippen LogP contribution in [0.2, 0.25) is 5.02 Å². The summed E-state index contributed by atoms with van der Waals surface area (Å²) in [5, 5.41) is 12.7. The summed E-state index contributed by atoms with van der Waals surface area (Å²) < 4.78 is 7.60. The monoisotopic (exact) mass is 379 g/mol. The average molecular weight is 380 g/mol. The highest BCUT2D eigenvalue weighted by Crippen LogP contribution is 2.33. The zero-order valence-electron chi connectivity index (χ0n) is 13.6. The van der Waals surface area contributed by atoms with Crippen LogP contribution in [-0.2, 0) is 12.0 Å². The van der Waals surface area contributed by atoms with Crippen LogP contribution in [0.4, 0.5) is 0 Å². The molecule has 132 valence electrons. The normalized spacial score (nSPS) is 16.4. The van der Waals surface area contributed by atoms with Crippen molar-refractivity contribution in [2.45, 2.75) is 24.8 Å². The van der Waals surface area contributed by atoms with E-state index in [0.29, 0.717) is 23.2 Å². The van der Waals surface area contributed by atoms with E-state index in [9.17, 15) is 0 Å². The smallest absolute Gasteiger partial charge is 0.254 e. The molecule has 0 aliphatic carbocycles. The van der Waals surface area contributed by atoms with Crippen LogP contribution in [0.25, 0.3) is 0 Å². The van der Waals surface area contributed by atoms with Gasteiger partial charge in [-0.3, -0.25) is 4.68 Å². The Morgan fingerprint density at radius 2 is 2.00 bits per heavy atom. The number of aromatic nitrogens is 4. The van der Waals surface area contributed by atoms with E-state index in [4.69, 9.17) is 16.1 Å². The van der Waals surface area contributed by atoms with Gasteiger partial charge in [-0.2, -0.15) is 10.1 Å². The maximum atomic E-state index is 6.23. The second-order valence-electron chi connectivity index (χ2n) is 6.02. The highest BCUT2D eigenvalue weighted by atomic mass is 35.5. The van der Waals surface area contributed by atoms with E-state index >= 15 is 0 Å². The Morgan fingerprint density at radius 3 is 2.72 bits per heavy atom. The quantitative estimate of drug-likeness (QED) is 0.754. The van der Waals surface area contributed by atoms with Gasteiger partial charge in [0, 0.05) is 23.8 Å². The summed E-state index contributed by atoms with van der Waals surface area (Å²) in [7, 11) is 0. The summed E-state index contributed by atoms with van der Waals surface area (Å²) >= 11 is 6.23. The van der Waals surface area contributed by atoms with Crippen LogP contribution in [0.3, 0.4) is 0 Å². The van der Waals surface area contributed by atoms with Gasteiger partial charge in [0.1, 0.15) is 5.54 Å². The molecule has 6 nitrogen and oxygen atoms in total. The van der Waals surface area contributed by atoms with Crippen molar-refractivity contribution in [2.75, 3.05) is 13.1 Å². The van der Waals surface area contributed by atoms with Crippen molar-refractivity contribution in [1.29, 1.82) is 0 Å². The summed E-state index contributed by atoms with van der Waals surface area (Å²) in [6.07, 6.45) is 6.02. The summed E-state index contributed by atoms with van der Waals surface area (Å²) in [6.45, 7) is 1.78. The van der Waals surface area contributed by atoms with Crippen molar-refractivity contribution < 1.29 is 4.52 Å². The van der Waals surface area contributed by atoms with Crippen molar-refractivity contribution in [3.63, 3.8) is 0 Å². The molecule has 25 heavy (non-hydrogen) atoms. The van der Waals surface area contributed by atoms with E-state index in [-0.39, 0.29) is 17.9 Å². The van der Waals surface area contributed by atoms with E-state index in [1.807, 2.05) is 41.2 Å². The second kappa shape index (κ2) is 7.56. The number of benzene rings is 1. The molecular formula is C17H19Cl2N5O. The first kappa shape index (κ1) is 17.9. The first-order valence-corrected chi connectivity index (χ1v) is 8.43. The SMILES string of the molecule is Cl.Clc1ccccc1Cc1noc(C2(n3cccn3)CCNCC2)n1. The zero-order valence-corrected chi connectivity index (χ0v) is 15.1. The van der Waals surface area contributed by atoms with E-state index in [0.717, 1.165) is 31.5 Å². The number of nitrogens with one attached hydrogen (secondary N) is 1. The number of hydrogen-bond donors (Lipinski definition) is 1. The molecule has 0 spiro atoms. The first-order valence-electron chi connectivity index (χ1n) is 8.05. The first-order chi connectivity index (χ1) is 11.8. The lowest BCUT2D eigenvalue weighted by Gasteiger charge is -2.34. The molecule has 3 heterocycles. The number of halogens is 2. The topological polar surface area (TPSA) is 68.8 Å². The van der Waals surface area contributed by atoms with E-state index in [1.165, 1.54) is 0 Å². The van der Waals surface area contributed by atoms with Crippen LogP contribution >= 0.6 is 24.0 Å². The van der Waals surface area contributed by atoms with Gasteiger partial charge in [0.25, 0.3) is 5.89 Å². The Bertz CT molecular complexity index is 812. The third-order valence-corrected chi connectivity index (χ3v) is 4.91. The van der Waals surface area contributed by atoms with E-state index < -0.39 is 0 Å². The predicted molar refractivity (Wildman–Crippen MR) is 97.2 cm³/mol. The minimum Gasteiger partial charge on any atom is -0.337 e. The summed E-state index contributed by atoms with van der Waals surface area (Å²) in [6, 6.07) is 9.64. The van der Waals surface area contributed by atoms with Gasteiger partial charge < -0.3 is 9.84 Å². The molecule has 0 saturated carbocycles. The molecule has 0 amide bonds. The molecule has 2 aromatic heterocycles. The molecule has 1 N–H and O–H groups in total. The molecule has 1 aromatic carbocycles. The molecule has 1 aliphatic heterocycles. The van der Waals surface area contributed by atoms with E-state index in [2.05, 4.69) is 20.6 Å². The van der Waals surface area contributed by atoms with Crippen molar-refractivity contribution >= 4 is 24.0 Å². The second-order valence-corrected chi connectivity index (χ2v) is 6.42. The maximum absolute atomic E-state index is 6.23. The lowest BCUT2D eigenvalue weighted by Crippen LogP contribution is -2.45. The minimum atomic E-state index is -0.375. The van der Waals surface area contributed by atoms with Gasteiger partial charge in [0.05, 0.1) is 0 Å². The molecular weight excluding hydrogens is 361 g/mol. The fourth-order valence-electron chi connectivity index (χ4n) is 3.23. The molecule has 8 heteroatoms. The van der Waals surface area contributed by atoms with Crippen molar-refractivity contribution in [3.05, 3.63) is 65.0 Å². The van der Waals surface area contributed by atoms with Crippen molar-refractivity contribution in [1.82, 2.24) is 25.2 Å². The van der Waals surface area contributed by atoms with Crippen LogP contribution in [-0.4, -0.2) is 33.0 Å². The Hall–Kier alpha value is -1.89. The number of hydrogen-bond acceptors (Lipinski definition) is 5. The highest BCUT2D eigenvalue weighted by molar-refractivity contribution is 6.31. The Balaban J connectivity index is 0.00000182. The van der Waals surface area contributed by atoms with Gasteiger partial charge in [0.2, 0.25) is 0 Å². The molecule has 0 atom stereocenters. The standard InChI is InChI=1S/C17H18ClN5O.ClH/c18-14-5-2-1-4-13(14)12-15-21-16(24-22-15)17(6-9-19-10-7-17)23-11-3-8-20-23;/h1-5,8,11,19H,6-7,9-10,12H2;1H. The number of rotatable bonds is 4. The molecule has 0 unspecified atom stereocenters. The van der Waals surface area contributed by atoms with Gasteiger partial charge in [-0.1, -0.05) is 35.0 Å². The predicted octanol–water partition coefficient (Wildman–Crippen LogP) is 3.06. The fourth-order valence-corrected chi connectivity index (χ4v) is 3.43. The van der Waals surface area contributed by atoms with Crippen molar-refractivity contribution in [3.8, 4) is 0 Å². The molecule has 1 saturated heterocycles. The van der Waals surface area contributed by atoms with E-state index in [1.54, 1.807) is 6.20 Å². The number of nitrogens with zero attached hydrogens (tertiary/aromatic N) is 4. The zero-order chi connectivity index (χ0) is 16.4. The fraction of sp³-hybridized carbons (Fsp3) is 0.353. The lowest BCUT2D eigenvalue weighted by atomic mass is 9.88. The maximum Gasteiger partial charge on any atom is 0.254 e. The summed E-state index contributed by atoms with van der Waals surface area (Å²) in [4.78, 5) is 4.67. The average Bonchev–Trinajstić information content (AvgIpc) is 3.30. The van der Waals surface area contributed by atoms with Crippen LogP contribution in [0.5, 0.6) is 0 Å². The summed E-state index contributed by atoms with van der Waals surface area (Å²) in [5.41, 5.74) is 0.616. The molecule has 0 bridgehead atoms. The van der Waals surface area contributed by atoms with Gasteiger partial charge in [-0.05, 0) is 43.6 Å². The third kappa shape index (κ3) is 3.42. The Morgan fingerprint density at radius 1 is 1.20 bits per heavy atom. The van der Waals surface area contributed by atoms with Gasteiger partial charge >= 0.3 is 0 Å². The van der Waals surface area contributed by atoms with Gasteiger partial charge in [0.15, 0.2) is 5.82 Å². The van der Waals surface area contributed by atoms with Crippen LogP contribution in [0, 0.1) is 0 Å². The largest absolute Gasteiger partial charge is 0.337 e. The highest BCUT2D eigenvalue weighted by Gasteiger charge is 2.41. The van der Waals surface area contributed by atoms with Gasteiger partial charge in [-0.25, -0.2) is 0 Å². The minimum absolute atomic E-state index is 0. The molecule has 1 fully saturated rings. The molecule has 4 rings (SSSR count). The summed E-state index contributed by atoms with van der Waals surface area (Å²) in [5.74, 6) is 1.26. The van der Waals surface area contributed by atoms with Crippen LogP contribution in [0.15, 0.2) is 47.2 Å². The molecule has 0 radical (unpaired) electrons. The van der Waals surface area contributed by atoms with Gasteiger partial charge in [-0.15, -0.1) is 12.4 Å². The Kier molecular flexibility index (Phi) is 5.42. The third-order valence-electron chi connectivity index (χ3n) is 4.55. The Labute approximate surface area is 157 Å².